The molecule has 22 heavy (non-hydrogen) atoms. The molecule has 0 N–H and O–H groups in total. The Labute approximate surface area is 136 Å². The molecule has 4 rings (SSSR count). The molecule has 2 aromatic carbocycles. The monoisotopic (exact) mass is 358 g/mol. The molecule has 3 aromatic rings. The molecule has 1 aliphatic carbocycles. The number of aryl methyl sites for hydroxylation is 1. The van der Waals surface area contributed by atoms with Crippen molar-refractivity contribution in [2.45, 2.75) is 25.7 Å². The smallest absolute Gasteiger partial charge is 0.339 e. The predicted molar refractivity (Wildman–Crippen MR) is 90.9 cm³/mol. The minimum absolute atomic E-state index is 0.184. The van der Waals surface area contributed by atoms with Gasteiger partial charge in [-0.3, -0.25) is 0 Å². The van der Waals surface area contributed by atoms with Crippen LogP contribution in [0, 0.1) is 0 Å². The van der Waals surface area contributed by atoms with Gasteiger partial charge < -0.3 is 9.15 Å². The Kier molecular flexibility index (Phi) is 3.22. The van der Waals surface area contributed by atoms with Gasteiger partial charge in [0.2, 0.25) is 0 Å². The Balaban J connectivity index is 2.17. The van der Waals surface area contributed by atoms with Gasteiger partial charge in [-0.15, -0.1) is 0 Å². The first-order valence-electron chi connectivity index (χ1n) is 7.44. The summed E-state index contributed by atoms with van der Waals surface area (Å²) in [7, 11) is 1.65. The number of halogens is 1. The third-order valence-corrected chi connectivity index (χ3v) is 5.12. The first-order chi connectivity index (χ1) is 10.7. The fourth-order valence-electron chi connectivity index (χ4n) is 3.46. The molecule has 112 valence electrons. The van der Waals surface area contributed by atoms with Gasteiger partial charge in [0.05, 0.1) is 11.6 Å². The van der Waals surface area contributed by atoms with Gasteiger partial charge in [0.25, 0.3) is 0 Å². The Bertz CT molecular complexity index is 956. The number of hydrogen-bond acceptors (Lipinski definition) is 3. The molecule has 4 heteroatoms. The highest BCUT2D eigenvalue weighted by Crippen LogP contribution is 2.38. The summed E-state index contributed by atoms with van der Waals surface area (Å²) in [5.41, 5.74) is 2.52. The second-order valence-electron chi connectivity index (χ2n) is 5.67. The third kappa shape index (κ3) is 1.90. The van der Waals surface area contributed by atoms with E-state index < -0.39 is 0 Å². The van der Waals surface area contributed by atoms with Crippen LogP contribution in [0.25, 0.3) is 21.7 Å². The highest BCUT2D eigenvalue weighted by molar-refractivity contribution is 9.10. The quantitative estimate of drug-likeness (QED) is 0.471. The summed E-state index contributed by atoms with van der Waals surface area (Å²) in [6.45, 7) is 0. The number of ether oxygens (including phenoxy) is 1. The molecule has 0 saturated heterocycles. The van der Waals surface area contributed by atoms with Crippen molar-refractivity contribution in [3.63, 3.8) is 0 Å². The van der Waals surface area contributed by atoms with Gasteiger partial charge in [0.1, 0.15) is 11.3 Å². The van der Waals surface area contributed by atoms with Crippen molar-refractivity contribution in [2.24, 2.45) is 0 Å². The van der Waals surface area contributed by atoms with Crippen molar-refractivity contribution in [3.8, 4) is 5.75 Å². The highest BCUT2D eigenvalue weighted by atomic mass is 79.9. The van der Waals surface area contributed by atoms with Crippen LogP contribution in [0.3, 0.4) is 0 Å². The molecule has 0 aliphatic heterocycles. The summed E-state index contributed by atoms with van der Waals surface area (Å²) in [5.74, 6) is 0.764. The van der Waals surface area contributed by atoms with Gasteiger partial charge in [-0.05, 0) is 65.4 Å². The molecule has 0 saturated carbocycles. The highest BCUT2D eigenvalue weighted by Gasteiger charge is 2.20. The Hall–Kier alpha value is -1.81. The molecule has 0 spiro atoms. The predicted octanol–water partition coefficient (Wildman–Crippen LogP) is 4.60. The van der Waals surface area contributed by atoms with Crippen LogP contribution < -0.4 is 10.4 Å². The van der Waals surface area contributed by atoms with E-state index in [1.165, 1.54) is 5.56 Å². The van der Waals surface area contributed by atoms with Crippen molar-refractivity contribution in [1.82, 2.24) is 0 Å². The summed E-state index contributed by atoms with van der Waals surface area (Å²) >= 11 is 3.50. The maximum absolute atomic E-state index is 12.3. The summed E-state index contributed by atoms with van der Waals surface area (Å²) in [6, 6.07) is 8.01. The fraction of sp³-hybridized carbons (Fsp3) is 0.278. The van der Waals surface area contributed by atoms with Crippen molar-refractivity contribution in [1.29, 1.82) is 0 Å². The summed E-state index contributed by atoms with van der Waals surface area (Å²) < 4.78 is 12.1. The molecule has 0 radical (unpaired) electrons. The normalized spacial score (nSPS) is 14.3. The van der Waals surface area contributed by atoms with Crippen LogP contribution in [0.1, 0.15) is 24.0 Å². The zero-order chi connectivity index (χ0) is 15.3. The van der Waals surface area contributed by atoms with E-state index in [4.69, 9.17) is 9.15 Å². The van der Waals surface area contributed by atoms with Crippen LogP contribution in [0.4, 0.5) is 0 Å². The van der Waals surface area contributed by atoms with E-state index in [0.29, 0.717) is 5.58 Å². The van der Waals surface area contributed by atoms with Gasteiger partial charge in [-0.25, -0.2) is 4.79 Å². The molecule has 1 heterocycles. The Morgan fingerprint density at radius 3 is 2.45 bits per heavy atom. The second kappa shape index (κ2) is 5.13. The summed E-state index contributed by atoms with van der Waals surface area (Å²) in [6.07, 6.45) is 3.98. The lowest BCUT2D eigenvalue weighted by Crippen LogP contribution is -2.15. The van der Waals surface area contributed by atoms with Crippen LogP contribution in [-0.2, 0) is 12.8 Å². The van der Waals surface area contributed by atoms with Crippen LogP contribution in [0.15, 0.2) is 37.9 Å². The molecular weight excluding hydrogens is 344 g/mol. The van der Waals surface area contributed by atoms with Crippen molar-refractivity contribution >= 4 is 37.7 Å². The van der Waals surface area contributed by atoms with E-state index >= 15 is 0 Å². The van der Waals surface area contributed by atoms with Gasteiger partial charge >= 0.3 is 5.63 Å². The van der Waals surface area contributed by atoms with Crippen LogP contribution in [0.2, 0.25) is 0 Å². The van der Waals surface area contributed by atoms with E-state index in [0.717, 1.165) is 57.6 Å². The standard InChI is InChI=1S/C18H15BrO3/c1-21-17-13-7-6-11-10-4-2-3-5-14(10)18(20)22-16(11)12(13)8-9-15(17)19/h6-9H,2-5H2,1H3. The van der Waals surface area contributed by atoms with Gasteiger partial charge in [0.15, 0.2) is 0 Å². The van der Waals surface area contributed by atoms with E-state index in [1.807, 2.05) is 12.1 Å². The molecule has 0 amide bonds. The molecule has 1 aromatic heterocycles. The first kappa shape index (κ1) is 13.8. The molecule has 0 fully saturated rings. The topological polar surface area (TPSA) is 39.4 Å². The molecule has 1 aliphatic rings. The lowest BCUT2D eigenvalue weighted by molar-refractivity contribution is 0.417. The molecular formula is C18H15BrO3. The average molecular weight is 359 g/mol. The zero-order valence-electron chi connectivity index (χ0n) is 12.2. The molecule has 0 atom stereocenters. The maximum Gasteiger partial charge on any atom is 0.339 e. The summed E-state index contributed by atoms with van der Waals surface area (Å²) in [4.78, 5) is 12.3. The van der Waals surface area contributed by atoms with Gasteiger partial charge in [-0.2, -0.15) is 0 Å². The molecule has 3 nitrogen and oxygen atoms in total. The minimum atomic E-state index is -0.184. The number of hydrogen-bond donors (Lipinski definition) is 0. The van der Waals surface area contributed by atoms with Crippen LogP contribution in [-0.4, -0.2) is 7.11 Å². The first-order valence-corrected chi connectivity index (χ1v) is 8.24. The van der Waals surface area contributed by atoms with Gasteiger partial charge in [0, 0.05) is 21.7 Å². The van der Waals surface area contributed by atoms with Crippen LogP contribution >= 0.6 is 15.9 Å². The van der Waals surface area contributed by atoms with E-state index in [9.17, 15) is 4.79 Å². The lowest BCUT2D eigenvalue weighted by Gasteiger charge is -2.17. The average Bonchev–Trinajstić information content (AvgIpc) is 2.54. The summed E-state index contributed by atoms with van der Waals surface area (Å²) in [5, 5.41) is 2.93. The second-order valence-corrected chi connectivity index (χ2v) is 6.53. The Morgan fingerprint density at radius 2 is 1.68 bits per heavy atom. The Morgan fingerprint density at radius 1 is 1.00 bits per heavy atom. The maximum atomic E-state index is 12.3. The fourth-order valence-corrected chi connectivity index (χ4v) is 3.97. The van der Waals surface area contributed by atoms with Crippen LogP contribution in [0.5, 0.6) is 5.75 Å². The van der Waals surface area contributed by atoms with E-state index in [-0.39, 0.29) is 5.63 Å². The number of rotatable bonds is 1. The molecule has 0 unspecified atom stereocenters. The van der Waals surface area contributed by atoms with Crippen molar-refractivity contribution < 1.29 is 9.15 Å². The number of fused-ring (bicyclic) bond motifs is 5. The largest absolute Gasteiger partial charge is 0.495 e. The lowest BCUT2D eigenvalue weighted by atomic mass is 9.90. The van der Waals surface area contributed by atoms with Crippen molar-refractivity contribution in [3.05, 3.63) is 50.3 Å². The number of methoxy groups -OCH3 is 1. The zero-order valence-corrected chi connectivity index (χ0v) is 13.8. The van der Waals surface area contributed by atoms with Gasteiger partial charge in [-0.1, -0.05) is 6.07 Å². The minimum Gasteiger partial charge on any atom is -0.495 e. The SMILES string of the molecule is COc1c(Br)ccc2c1ccc1c3c(c(=O)oc12)CCCC3. The number of benzene rings is 2. The molecule has 0 bridgehead atoms. The van der Waals surface area contributed by atoms with Crippen molar-refractivity contribution in [2.75, 3.05) is 7.11 Å². The van der Waals surface area contributed by atoms with E-state index in [2.05, 4.69) is 28.1 Å². The third-order valence-electron chi connectivity index (χ3n) is 4.49. The van der Waals surface area contributed by atoms with E-state index in [1.54, 1.807) is 7.11 Å².